The fraction of sp³-hybridized carbons (Fsp3) is 0.267. The topological polar surface area (TPSA) is 24.9 Å². The Labute approximate surface area is 144 Å². The molecule has 21 heavy (non-hydrogen) atoms. The van der Waals surface area contributed by atoms with Crippen LogP contribution in [0.5, 0.6) is 0 Å². The normalized spacial score (nSPS) is 11.2. The average molecular weight is 364 g/mol. The Balaban J connectivity index is 2.43. The van der Waals surface area contributed by atoms with Gasteiger partial charge < -0.3 is 5.32 Å². The molecule has 112 valence electrons. The van der Waals surface area contributed by atoms with Gasteiger partial charge in [0.1, 0.15) is 0 Å². The Kier molecular flexibility index (Phi) is 5.75. The van der Waals surface area contributed by atoms with Gasteiger partial charge in [0.2, 0.25) is 0 Å². The summed E-state index contributed by atoms with van der Waals surface area (Å²) in [4.78, 5) is 4.24. The summed E-state index contributed by atoms with van der Waals surface area (Å²) in [6.07, 6.45) is 3.51. The zero-order valence-electron chi connectivity index (χ0n) is 11.6. The zero-order valence-corrected chi connectivity index (χ0v) is 14.6. The Bertz CT molecular complexity index is 656. The lowest BCUT2D eigenvalue weighted by Crippen LogP contribution is -2.21. The van der Waals surface area contributed by atoms with Gasteiger partial charge in [-0.3, -0.25) is 4.98 Å². The summed E-state index contributed by atoms with van der Waals surface area (Å²) >= 11 is 24.6. The van der Waals surface area contributed by atoms with E-state index in [1.807, 2.05) is 6.07 Å². The second-order valence-corrected chi connectivity index (χ2v) is 6.53. The van der Waals surface area contributed by atoms with E-state index in [4.69, 9.17) is 46.4 Å². The molecule has 1 aromatic heterocycles. The van der Waals surface area contributed by atoms with Gasteiger partial charge in [-0.2, -0.15) is 0 Å². The molecule has 0 bridgehead atoms. The minimum atomic E-state index is 0.295. The van der Waals surface area contributed by atoms with E-state index in [2.05, 4.69) is 24.1 Å². The molecule has 2 rings (SSSR count). The van der Waals surface area contributed by atoms with Crippen molar-refractivity contribution >= 4 is 46.4 Å². The first-order chi connectivity index (χ1) is 9.90. The van der Waals surface area contributed by atoms with Crippen LogP contribution in [0.4, 0.5) is 0 Å². The van der Waals surface area contributed by atoms with E-state index in [1.165, 1.54) is 0 Å². The van der Waals surface area contributed by atoms with Crippen molar-refractivity contribution in [2.45, 2.75) is 26.4 Å². The van der Waals surface area contributed by atoms with Crippen molar-refractivity contribution < 1.29 is 0 Å². The van der Waals surface area contributed by atoms with Gasteiger partial charge in [0.05, 0.1) is 20.1 Å². The van der Waals surface area contributed by atoms with Gasteiger partial charge >= 0.3 is 0 Å². The Morgan fingerprint density at radius 2 is 1.71 bits per heavy atom. The van der Waals surface area contributed by atoms with Gasteiger partial charge in [-0.05, 0) is 17.7 Å². The van der Waals surface area contributed by atoms with E-state index in [1.54, 1.807) is 18.5 Å². The van der Waals surface area contributed by atoms with Crippen LogP contribution in [0.3, 0.4) is 0 Å². The van der Waals surface area contributed by atoms with Crippen molar-refractivity contribution in [2.24, 2.45) is 0 Å². The smallest absolute Gasteiger partial charge is 0.0785 e. The molecule has 0 saturated carbocycles. The molecule has 1 aromatic carbocycles. The van der Waals surface area contributed by atoms with Crippen LogP contribution in [0.1, 0.15) is 19.4 Å². The quantitative estimate of drug-likeness (QED) is 0.543. The molecule has 1 N–H and O–H groups in total. The van der Waals surface area contributed by atoms with E-state index in [0.29, 0.717) is 31.7 Å². The van der Waals surface area contributed by atoms with Crippen LogP contribution >= 0.6 is 46.4 Å². The van der Waals surface area contributed by atoms with Crippen LogP contribution in [-0.2, 0) is 6.54 Å². The lowest BCUT2D eigenvalue weighted by atomic mass is 10.1. The number of hydrogen-bond donors (Lipinski definition) is 1. The third-order valence-corrected chi connectivity index (χ3v) is 4.47. The van der Waals surface area contributed by atoms with Crippen molar-refractivity contribution in [2.75, 3.05) is 0 Å². The number of nitrogens with one attached hydrogen (secondary N) is 1. The Morgan fingerprint density at radius 1 is 1.00 bits per heavy atom. The van der Waals surface area contributed by atoms with E-state index in [-0.39, 0.29) is 0 Å². The SMILES string of the molecule is CC(C)NCc1cncc(-c2c(Cl)cc(Cl)c(Cl)c2Cl)c1. The first-order valence-corrected chi connectivity index (χ1v) is 7.92. The minimum Gasteiger partial charge on any atom is -0.310 e. The van der Waals surface area contributed by atoms with E-state index in [9.17, 15) is 0 Å². The third kappa shape index (κ3) is 4.02. The minimum absolute atomic E-state index is 0.295. The van der Waals surface area contributed by atoms with Crippen LogP contribution in [0.25, 0.3) is 11.1 Å². The highest BCUT2D eigenvalue weighted by atomic mass is 35.5. The number of hydrogen-bond acceptors (Lipinski definition) is 2. The summed E-state index contributed by atoms with van der Waals surface area (Å²) in [7, 11) is 0. The van der Waals surface area contributed by atoms with Crippen LogP contribution in [-0.4, -0.2) is 11.0 Å². The molecule has 0 atom stereocenters. The predicted molar refractivity (Wildman–Crippen MR) is 91.7 cm³/mol. The van der Waals surface area contributed by atoms with Crippen molar-refractivity contribution in [1.29, 1.82) is 0 Å². The zero-order chi connectivity index (χ0) is 15.6. The van der Waals surface area contributed by atoms with Crippen LogP contribution in [0.15, 0.2) is 24.5 Å². The maximum Gasteiger partial charge on any atom is 0.0785 e. The van der Waals surface area contributed by atoms with Gasteiger partial charge in [-0.15, -0.1) is 0 Å². The maximum absolute atomic E-state index is 6.27. The summed E-state index contributed by atoms with van der Waals surface area (Å²) in [5.41, 5.74) is 2.50. The Morgan fingerprint density at radius 3 is 2.38 bits per heavy atom. The van der Waals surface area contributed by atoms with E-state index in [0.717, 1.165) is 17.7 Å². The van der Waals surface area contributed by atoms with Crippen LogP contribution in [0, 0.1) is 0 Å². The molecule has 2 aromatic rings. The first kappa shape index (κ1) is 16.9. The summed E-state index contributed by atoms with van der Waals surface area (Å²) < 4.78 is 0. The molecule has 2 nitrogen and oxygen atoms in total. The lowest BCUT2D eigenvalue weighted by molar-refractivity contribution is 0.588. The number of nitrogens with zero attached hydrogens (tertiary/aromatic N) is 1. The predicted octanol–water partition coefficient (Wildman–Crippen LogP) is 5.86. The van der Waals surface area contributed by atoms with Crippen LogP contribution in [0.2, 0.25) is 20.1 Å². The van der Waals surface area contributed by atoms with Gasteiger partial charge in [-0.1, -0.05) is 60.3 Å². The third-order valence-electron chi connectivity index (χ3n) is 2.91. The molecule has 0 radical (unpaired) electrons. The summed E-state index contributed by atoms with van der Waals surface area (Å²) in [6, 6.07) is 3.97. The molecule has 0 aliphatic rings. The monoisotopic (exact) mass is 362 g/mol. The second kappa shape index (κ2) is 7.17. The molecular formula is C15H14Cl4N2. The fourth-order valence-corrected chi connectivity index (χ4v) is 3.00. The molecule has 0 aliphatic heterocycles. The molecule has 0 fully saturated rings. The molecule has 6 heteroatoms. The lowest BCUT2D eigenvalue weighted by Gasteiger charge is -2.12. The highest BCUT2D eigenvalue weighted by Gasteiger charge is 2.16. The van der Waals surface area contributed by atoms with E-state index >= 15 is 0 Å². The molecule has 0 spiro atoms. The van der Waals surface area contributed by atoms with Crippen molar-refractivity contribution in [1.82, 2.24) is 10.3 Å². The van der Waals surface area contributed by atoms with Gasteiger partial charge in [0, 0.05) is 36.1 Å². The number of aromatic nitrogens is 1. The number of benzene rings is 1. The average Bonchev–Trinajstić information content (AvgIpc) is 2.43. The summed E-state index contributed by atoms with van der Waals surface area (Å²) in [6.45, 7) is 4.89. The van der Waals surface area contributed by atoms with Crippen molar-refractivity contribution in [3.05, 3.63) is 50.2 Å². The fourth-order valence-electron chi connectivity index (χ4n) is 1.87. The van der Waals surface area contributed by atoms with E-state index < -0.39 is 0 Å². The summed E-state index contributed by atoms with van der Waals surface area (Å²) in [5.74, 6) is 0. The van der Waals surface area contributed by atoms with Gasteiger partial charge in [0.15, 0.2) is 0 Å². The van der Waals surface area contributed by atoms with Gasteiger partial charge in [0.25, 0.3) is 0 Å². The Hall–Kier alpha value is -0.510. The molecular weight excluding hydrogens is 350 g/mol. The van der Waals surface area contributed by atoms with Crippen molar-refractivity contribution in [3.8, 4) is 11.1 Å². The largest absolute Gasteiger partial charge is 0.310 e. The first-order valence-electron chi connectivity index (χ1n) is 6.40. The summed E-state index contributed by atoms with van der Waals surface area (Å²) in [5, 5.41) is 4.75. The maximum atomic E-state index is 6.27. The number of halogens is 4. The van der Waals surface area contributed by atoms with Crippen LogP contribution < -0.4 is 5.32 Å². The van der Waals surface area contributed by atoms with Gasteiger partial charge in [-0.25, -0.2) is 0 Å². The standard InChI is InChI=1S/C15H14Cl4N2/c1-8(2)21-6-9-3-10(7-20-5-9)13-11(16)4-12(17)14(18)15(13)19/h3-5,7-8,21H,6H2,1-2H3. The highest BCUT2D eigenvalue weighted by molar-refractivity contribution is 6.51. The number of rotatable bonds is 4. The highest BCUT2D eigenvalue weighted by Crippen LogP contribution is 2.42. The van der Waals surface area contributed by atoms with Crippen molar-refractivity contribution in [3.63, 3.8) is 0 Å². The number of pyridine rings is 1. The molecule has 1 heterocycles. The molecule has 0 amide bonds. The molecule has 0 saturated heterocycles. The molecule has 0 unspecified atom stereocenters. The second-order valence-electron chi connectivity index (χ2n) is 4.96. The molecule has 0 aliphatic carbocycles.